The summed E-state index contributed by atoms with van der Waals surface area (Å²) >= 11 is 0. The van der Waals surface area contributed by atoms with Crippen LogP contribution in [-0.2, 0) is 0 Å². The number of rotatable bonds is 7. The fourth-order valence-electron chi connectivity index (χ4n) is 1.81. The molecular formula is C15H23N3O3. The van der Waals surface area contributed by atoms with Gasteiger partial charge in [0.25, 0.3) is 0 Å². The Labute approximate surface area is 125 Å². The van der Waals surface area contributed by atoms with E-state index in [1.807, 2.05) is 18.2 Å². The highest BCUT2D eigenvalue weighted by atomic mass is 16.7. The third-order valence-electron chi connectivity index (χ3n) is 3.01. The van der Waals surface area contributed by atoms with E-state index in [-0.39, 0.29) is 6.79 Å². The maximum atomic E-state index is 5.76. The molecule has 0 radical (unpaired) electrons. The van der Waals surface area contributed by atoms with E-state index in [9.17, 15) is 0 Å². The molecule has 0 aliphatic carbocycles. The smallest absolute Gasteiger partial charge is 0.231 e. The Balaban J connectivity index is 1.65. The lowest BCUT2D eigenvalue weighted by molar-refractivity contribution is 0.173. The fourth-order valence-corrected chi connectivity index (χ4v) is 1.81. The number of aliphatic imine (C=N–C) groups is 1. The monoisotopic (exact) mass is 293 g/mol. The van der Waals surface area contributed by atoms with Crippen LogP contribution in [0.5, 0.6) is 17.2 Å². The maximum Gasteiger partial charge on any atom is 0.231 e. The molecule has 2 rings (SSSR count). The highest BCUT2D eigenvalue weighted by Gasteiger charge is 2.13. The molecule has 3 N–H and O–H groups in total. The average Bonchev–Trinajstić information content (AvgIpc) is 2.90. The molecule has 0 fully saturated rings. The molecule has 0 spiro atoms. The molecule has 6 heteroatoms. The Hall–Kier alpha value is -2.11. The number of nitrogens with zero attached hydrogens (tertiary/aromatic N) is 1. The first kappa shape index (κ1) is 15.3. The van der Waals surface area contributed by atoms with E-state index < -0.39 is 0 Å². The molecule has 0 saturated carbocycles. The molecule has 1 aliphatic heterocycles. The van der Waals surface area contributed by atoms with E-state index in [0.717, 1.165) is 30.2 Å². The average molecular weight is 293 g/mol. The molecule has 1 heterocycles. The van der Waals surface area contributed by atoms with E-state index >= 15 is 0 Å². The van der Waals surface area contributed by atoms with Crippen LogP contribution < -0.4 is 25.3 Å². The van der Waals surface area contributed by atoms with Crippen molar-refractivity contribution in [2.24, 2.45) is 16.6 Å². The zero-order valence-electron chi connectivity index (χ0n) is 12.6. The number of hydrogen-bond donors (Lipinski definition) is 2. The number of nitrogens with two attached hydrogens (primary N) is 1. The summed E-state index contributed by atoms with van der Waals surface area (Å²) in [7, 11) is 0. The van der Waals surface area contributed by atoms with Crippen LogP contribution >= 0.6 is 0 Å². The highest BCUT2D eigenvalue weighted by molar-refractivity contribution is 5.77. The van der Waals surface area contributed by atoms with Crippen molar-refractivity contribution in [1.29, 1.82) is 0 Å². The summed E-state index contributed by atoms with van der Waals surface area (Å²) in [6, 6.07) is 5.52. The third-order valence-corrected chi connectivity index (χ3v) is 3.01. The lowest BCUT2D eigenvalue weighted by atomic mass is 10.1. The van der Waals surface area contributed by atoms with E-state index in [1.54, 1.807) is 0 Å². The topological polar surface area (TPSA) is 78.1 Å². The van der Waals surface area contributed by atoms with Crippen LogP contribution in [0.4, 0.5) is 0 Å². The SMILES string of the molecule is CC(C)CCN=C(N)NCCOc1ccc2c(c1)OCO2. The van der Waals surface area contributed by atoms with Gasteiger partial charge in [-0.25, -0.2) is 0 Å². The number of guanidine groups is 1. The first-order chi connectivity index (χ1) is 10.1. The van der Waals surface area contributed by atoms with Gasteiger partial charge in [-0.15, -0.1) is 0 Å². The van der Waals surface area contributed by atoms with E-state index in [2.05, 4.69) is 24.2 Å². The number of ether oxygens (including phenoxy) is 3. The van der Waals surface area contributed by atoms with Crippen LogP contribution in [0, 0.1) is 5.92 Å². The van der Waals surface area contributed by atoms with Gasteiger partial charge in [-0.1, -0.05) is 13.8 Å². The standard InChI is InChI=1S/C15H23N3O3/c1-11(2)5-6-17-15(16)18-7-8-19-12-3-4-13-14(9-12)21-10-20-13/h3-4,9,11H,5-8,10H2,1-2H3,(H3,16,17,18). The second kappa shape index (κ2) is 7.61. The van der Waals surface area contributed by atoms with Crippen LogP contribution in [0.2, 0.25) is 0 Å². The summed E-state index contributed by atoms with van der Waals surface area (Å²) in [5.74, 6) is 3.31. The number of nitrogens with one attached hydrogen (secondary N) is 1. The minimum atomic E-state index is 0.268. The van der Waals surface area contributed by atoms with Crippen molar-refractivity contribution in [3.8, 4) is 17.2 Å². The number of benzene rings is 1. The van der Waals surface area contributed by atoms with Gasteiger partial charge in [0.15, 0.2) is 17.5 Å². The molecule has 1 aromatic rings. The van der Waals surface area contributed by atoms with Gasteiger partial charge in [-0.2, -0.15) is 0 Å². The lowest BCUT2D eigenvalue weighted by Crippen LogP contribution is -2.34. The van der Waals surface area contributed by atoms with Crippen molar-refractivity contribution in [2.75, 3.05) is 26.5 Å². The Kier molecular flexibility index (Phi) is 5.54. The molecular weight excluding hydrogens is 270 g/mol. The quantitative estimate of drug-likeness (QED) is 0.455. The summed E-state index contributed by atoms with van der Waals surface area (Å²) in [4.78, 5) is 4.25. The van der Waals surface area contributed by atoms with Gasteiger partial charge >= 0.3 is 0 Å². The van der Waals surface area contributed by atoms with Crippen molar-refractivity contribution in [3.05, 3.63) is 18.2 Å². The predicted molar refractivity (Wildman–Crippen MR) is 82.0 cm³/mol. The molecule has 0 aromatic heterocycles. The van der Waals surface area contributed by atoms with Crippen molar-refractivity contribution in [3.63, 3.8) is 0 Å². The van der Waals surface area contributed by atoms with Gasteiger partial charge in [0.2, 0.25) is 6.79 Å². The Morgan fingerprint density at radius 3 is 3.00 bits per heavy atom. The summed E-state index contributed by atoms with van der Waals surface area (Å²) in [5.41, 5.74) is 5.76. The Bertz CT molecular complexity index is 489. The van der Waals surface area contributed by atoms with E-state index in [4.69, 9.17) is 19.9 Å². The molecule has 0 unspecified atom stereocenters. The van der Waals surface area contributed by atoms with Crippen LogP contribution in [-0.4, -0.2) is 32.4 Å². The minimum absolute atomic E-state index is 0.268. The highest BCUT2D eigenvalue weighted by Crippen LogP contribution is 2.34. The second-order valence-corrected chi connectivity index (χ2v) is 5.24. The zero-order valence-corrected chi connectivity index (χ0v) is 12.6. The molecule has 1 aromatic carbocycles. The van der Waals surface area contributed by atoms with Crippen LogP contribution in [0.3, 0.4) is 0 Å². The summed E-state index contributed by atoms with van der Waals surface area (Å²) < 4.78 is 16.1. The second-order valence-electron chi connectivity index (χ2n) is 5.24. The van der Waals surface area contributed by atoms with Gasteiger partial charge < -0.3 is 25.3 Å². The van der Waals surface area contributed by atoms with Crippen molar-refractivity contribution in [2.45, 2.75) is 20.3 Å². The summed E-state index contributed by atoms with van der Waals surface area (Å²) in [6.07, 6.45) is 1.04. The fraction of sp³-hybridized carbons (Fsp3) is 0.533. The maximum absolute atomic E-state index is 5.76. The molecule has 6 nitrogen and oxygen atoms in total. The molecule has 21 heavy (non-hydrogen) atoms. The largest absolute Gasteiger partial charge is 0.492 e. The van der Waals surface area contributed by atoms with Crippen LogP contribution in [0.25, 0.3) is 0 Å². The Morgan fingerprint density at radius 2 is 2.19 bits per heavy atom. The van der Waals surface area contributed by atoms with Crippen molar-refractivity contribution >= 4 is 5.96 Å². The molecule has 116 valence electrons. The molecule has 0 bridgehead atoms. The first-order valence-electron chi connectivity index (χ1n) is 7.21. The van der Waals surface area contributed by atoms with Gasteiger partial charge in [0.1, 0.15) is 12.4 Å². The van der Waals surface area contributed by atoms with Crippen molar-refractivity contribution in [1.82, 2.24) is 5.32 Å². The zero-order chi connectivity index (χ0) is 15.1. The molecule has 0 amide bonds. The third kappa shape index (κ3) is 5.06. The molecule has 0 saturated heterocycles. The van der Waals surface area contributed by atoms with Crippen LogP contribution in [0.15, 0.2) is 23.2 Å². The minimum Gasteiger partial charge on any atom is -0.492 e. The summed E-state index contributed by atoms with van der Waals surface area (Å²) in [6.45, 7) is 6.45. The lowest BCUT2D eigenvalue weighted by Gasteiger charge is -2.09. The molecule has 0 atom stereocenters. The van der Waals surface area contributed by atoms with Gasteiger partial charge in [-0.05, 0) is 24.5 Å². The van der Waals surface area contributed by atoms with E-state index in [0.29, 0.717) is 25.0 Å². The predicted octanol–water partition coefficient (Wildman–Crippen LogP) is 1.74. The van der Waals surface area contributed by atoms with E-state index in [1.165, 1.54) is 0 Å². The van der Waals surface area contributed by atoms with Crippen molar-refractivity contribution < 1.29 is 14.2 Å². The van der Waals surface area contributed by atoms with Gasteiger partial charge in [0, 0.05) is 12.6 Å². The number of hydrogen-bond acceptors (Lipinski definition) is 4. The van der Waals surface area contributed by atoms with Crippen LogP contribution in [0.1, 0.15) is 20.3 Å². The Morgan fingerprint density at radius 1 is 1.38 bits per heavy atom. The number of fused-ring (bicyclic) bond motifs is 1. The van der Waals surface area contributed by atoms with Gasteiger partial charge in [-0.3, -0.25) is 4.99 Å². The van der Waals surface area contributed by atoms with Gasteiger partial charge in [0.05, 0.1) is 6.54 Å². The summed E-state index contributed by atoms with van der Waals surface area (Å²) in [5, 5.41) is 3.03. The molecule has 1 aliphatic rings. The normalized spacial score (nSPS) is 13.6. The first-order valence-corrected chi connectivity index (χ1v) is 7.21.